The summed E-state index contributed by atoms with van der Waals surface area (Å²) in [6, 6.07) is 8.97. The fourth-order valence-corrected chi connectivity index (χ4v) is 5.08. The number of fused-ring (bicyclic) bond motifs is 3. The van der Waals surface area contributed by atoms with Crippen molar-refractivity contribution in [2.75, 3.05) is 32.8 Å². The molecule has 1 saturated heterocycles. The Bertz CT molecular complexity index is 1020. The Labute approximate surface area is 196 Å². The van der Waals surface area contributed by atoms with Crippen LogP contribution < -0.4 is 10.3 Å². The first kappa shape index (κ1) is 23.5. The molecule has 4 rings (SSSR count). The van der Waals surface area contributed by atoms with Crippen molar-refractivity contribution in [1.82, 2.24) is 19.8 Å². The molecule has 33 heavy (non-hydrogen) atoms. The highest BCUT2D eigenvalue weighted by atomic mass is 16.5. The number of aromatic amines is 1. The highest BCUT2D eigenvalue weighted by Gasteiger charge is 2.24. The summed E-state index contributed by atoms with van der Waals surface area (Å²) >= 11 is 0. The zero-order valence-corrected chi connectivity index (χ0v) is 19.9. The van der Waals surface area contributed by atoms with Crippen LogP contribution in [0.25, 0.3) is 0 Å². The number of carbonyl (C=O) groups excluding carboxylic acids is 1. The Hall–Kier alpha value is -2.67. The summed E-state index contributed by atoms with van der Waals surface area (Å²) in [6.45, 7) is 7.38. The van der Waals surface area contributed by atoms with Crippen LogP contribution in [0.2, 0.25) is 0 Å². The molecule has 3 heterocycles. The van der Waals surface area contributed by atoms with E-state index in [1.54, 1.807) is 13.8 Å². The molecule has 2 aromatic rings. The van der Waals surface area contributed by atoms with E-state index in [2.05, 4.69) is 33.1 Å². The lowest BCUT2D eigenvalue weighted by atomic mass is 9.95. The Kier molecular flexibility index (Phi) is 7.81. The van der Waals surface area contributed by atoms with Gasteiger partial charge in [-0.1, -0.05) is 18.6 Å². The third-order valence-electron chi connectivity index (χ3n) is 6.93. The van der Waals surface area contributed by atoms with Crippen LogP contribution >= 0.6 is 0 Å². The standard InChI is InChI=1S/C26H36N4O3/c1-19-24(26(32)28-20(2)27-19)18-25(31)30-13-6-16-33-23-9-5-7-21(17-23)10-11-22-8-3-4-12-29(22)14-15-30/h5,7,9,17,22H,3-4,6,8,10-16,18H2,1-2H3,(H,27,28,32). The summed E-state index contributed by atoms with van der Waals surface area (Å²) in [5, 5.41) is 0. The van der Waals surface area contributed by atoms with Crippen LogP contribution in [0.15, 0.2) is 29.1 Å². The minimum absolute atomic E-state index is 0.0168. The molecule has 7 nitrogen and oxygen atoms in total. The number of benzene rings is 1. The quantitative estimate of drug-likeness (QED) is 0.758. The SMILES string of the molecule is Cc1nc(C)c(CC(=O)N2CCCOc3cccc(c3)CCC3CCCCN3CC2)c(=O)[nH]1. The van der Waals surface area contributed by atoms with Gasteiger partial charge in [0, 0.05) is 36.9 Å². The maximum absolute atomic E-state index is 13.3. The average Bonchev–Trinajstić information content (AvgIpc) is 2.79. The lowest BCUT2D eigenvalue weighted by Gasteiger charge is -2.37. The van der Waals surface area contributed by atoms with Gasteiger partial charge in [-0.25, -0.2) is 4.98 Å². The molecule has 178 valence electrons. The molecule has 0 aliphatic carbocycles. The van der Waals surface area contributed by atoms with E-state index < -0.39 is 0 Å². The molecule has 1 fully saturated rings. The van der Waals surface area contributed by atoms with Crippen LogP contribution in [-0.2, 0) is 17.6 Å². The number of nitrogens with one attached hydrogen (secondary N) is 1. The van der Waals surface area contributed by atoms with Crippen molar-refractivity contribution in [3.05, 3.63) is 57.3 Å². The predicted octanol–water partition coefficient (Wildman–Crippen LogP) is 3.03. The van der Waals surface area contributed by atoms with Gasteiger partial charge in [-0.2, -0.15) is 0 Å². The van der Waals surface area contributed by atoms with Crippen LogP contribution in [0.3, 0.4) is 0 Å². The summed E-state index contributed by atoms with van der Waals surface area (Å²) < 4.78 is 5.98. The lowest BCUT2D eigenvalue weighted by Crippen LogP contribution is -2.46. The predicted molar refractivity (Wildman–Crippen MR) is 129 cm³/mol. The molecule has 2 aliphatic rings. The highest BCUT2D eigenvalue weighted by Crippen LogP contribution is 2.23. The topological polar surface area (TPSA) is 78.5 Å². The van der Waals surface area contributed by atoms with Crippen LogP contribution in [0.1, 0.15) is 54.7 Å². The molecule has 1 amide bonds. The molecule has 1 N–H and O–H groups in total. The molecule has 0 saturated carbocycles. The van der Waals surface area contributed by atoms with Crippen molar-refractivity contribution in [1.29, 1.82) is 0 Å². The van der Waals surface area contributed by atoms with Crippen molar-refractivity contribution < 1.29 is 9.53 Å². The van der Waals surface area contributed by atoms with Gasteiger partial charge in [-0.15, -0.1) is 0 Å². The van der Waals surface area contributed by atoms with Gasteiger partial charge in [-0.05, 0) is 70.2 Å². The third-order valence-corrected chi connectivity index (χ3v) is 6.93. The second-order valence-corrected chi connectivity index (χ2v) is 9.35. The van der Waals surface area contributed by atoms with E-state index in [-0.39, 0.29) is 17.9 Å². The Balaban J connectivity index is 1.50. The smallest absolute Gasteiger partial charge is 0.254 e. The lowest BCUT2D eigenvalue weighted by molar-refractivity contribution is -0.131. The molecule has 7 heteroatoms. The number of piperidine rings is 1. The van der Waals surface area contributed by atoms with E-state index in [9.17, 15) is 9.59 Å². The maximum Gasteiger partial charge on any atom is 0.254 e. The minimum atomic E-state index is -0.213. The second kappa shape index (κ2) is 11.0. The van der Waals surface area contributed by atoms with Crippen LogP contribution in [-0.4, -0.2) is 64.5 Å². The first-order valence-electron chi connectivity index (χ1n) is 12.3. The zero-order chi connectivity index (χ0) is 23.2. The molecular formula is C26H36N4O3. The van der Waals surface area contributed by atoms with Gasteiger partial charge < -0.3 is 14.6 Å². The number of aryl methyl sites for hydroxylation is 3. The zero-order valence-electron chi connectivity index (χ0n) is 19.9. The van der Waals surface area contributed by atoms with Crippen molar-refractivity contribution >= 4 is 5.91 Å². The number of H-pyrrole nitrogens is 1. The van der Waals surface area contributed by atoms with Crippen LogP contribution in [0.4, 0.5) is 0 Å². The average molecular weight is 453 g/mol. The summed E-state index contributed by atoms with van der Waals surface area (Å²) in [7, 11) is 0. The number of rotatable bonds is 2. The number of carbonyl (C=O) groups is 1. The number of ether oxygens (including phenoxy) is 1. The number of hydrogen-bond donors (Lipinski definition) is 1. The van der Waals surface area contributed by atoms with Gasteiger partial charge in [0.25, 0.3) is 5.56 Å². The van der Waals surface area contributed by atoms with Gasteiger partial charge in [-0.3, -0.25) is 14.5 Å². The minimum Gasteiger partial charge on any atom is -0.494 e. The molecule has 2 bridgehead atoms. The largest absolute Gasteiger partial charge is 0.494 e. The Morgan fingerprint density at radius 2 is 2.00 bits per heavy atom. The molecule has 1 unspecified atom stereocenters. The first-order valence-corrected chi connectivity index (χ1v) is 12.3. The number of amides is 1. The molecule has 1 atom stereocenters. The van der Waals surface area contributed by atoms with Gasteiger partial charge in [0.15, 0.2) is 0 Å². The Morgan fingerprint density at radius 3 is 2.85 bits per heavy atom. The summed E-state index contributed by atoms with van der Waals surface area (Å²) in [4.78, 5) is 37.3. The van der Waals surface area contributed by atoms with Crippen molar-refractivity contribution in [3.63, 3.8) is 0 Å². The van der Waals surface area contributed by atoms with E-state index in [4.69, 9.17) is 4.74 Å². The van der Waals surface area contributed by atoms with Crippen molar-refractivity contribution in [2.24, 2.45) is 0 Å². The van der Waals surface area contributed by atoms with E-state index >= 15 is 0 Å². The van der Waals surface area contributed by atoms with E-state index in [0.29, 0.717) is 42.8 Å². The summed E-state index contributed by atoms with van der Waals surface area (Å²) in [6.07, 6.45) is 6.71. The number of nitrogens with zero attached hydrogens (tertiary/aromatic N) is 3. The van der Waals surface area contributed by atoms with E-state index in [1.807, 2.05) is 11.0 Å². The monoisotopic (exact) mass is 452 g/mol. The molecule has 2 aliphatic heterocycles. The number of aromatic nitrogens is 2. The normalized spacial score (nSPS) is 20.4. The van der Waals surface area contributed by atoms with Gasteiger partial charge in [0.1, 0.15) is 11.6 Å². The summed E-state index contributed by atoms with van der Waals surface area (Å²) in [5.41, 5.74) is 2.22. The fraction of sp³-hybridized carbons (Fsp3) is 0.577. The molecule has 1 aromatic carbocycles. The fourth-order valence-electron chi connectivity index (χ4n) is 5.08. The summed E-state index contributed by atoms with van der Waals surface area (Å²) in [5.74, 6) is 1.46. The third kappa shape index (κ3) is 6.22. The first-order chi connectivity index (χ1) is 16.0. The molecule has 1 aromatic heterocycles. The van der Waals surface area contributed by atoms with Crippen LogP contribution in [0.5, 0.6) is 5.75 Å². The molecular weight excluding hydrogens is 416 g/mol. The van der Waals surface area contributed by atoms with E-state index in [0.717, 1.165) is 38.1 Å². The second-order valence-electron chi connectivity index (χ2n) is 9.35. The molecule has 0 radical (unpaired) electrons. The number of hydrogen-bond acceptors (Lipinski definition) is 5. The highest BCUT2D eigenvalue weighted by molar-refractivity contribution is 5.78. The van der Waals surface area contributed by atoms with Crippen molar-refractivity contribution in [2.45, 2.75) is 64.8 Å². The van der Waals surface area contributed by atoms with Gasteiger partial charge in [0.05, 0.1) is 13.0 Å². The van der Waals surface area contributed by atoms with Crippen molar-refractivity contribution in [3.8, 4) is 5.75 Å². The van der Waals surface area contributed by atoms with E-state index in [1.165, 1.54) is 24.8 Å². The molecule has 0 spiro atoms. The van der Waals surface area contributed by atoms with Crippen LogP contribution in [0, 0.1) is 13.8 Å². The maximum atomic E-state index is 13.3. The Morgan fingerprint density at radius 1 is 1.12 bits per heavy atom. The van der Waals surface area contributed by atoms with Gasteiger partial charge in [0.2, 0.25) is 5.91 Å². The van der Waals surface area contributed by atoms with Gasteiger partial charge >= 0.3 is 0 Å².